The van der Waals surface area contributed by atoms with E-state index < -0.39 is 38.6 Å². The normalized spacial score (nSPS) is 21.5. The summed E-state index contributed by atoms with van der Waals surface area (Å²) in [4.78, 5) is 0. The van der Waals surface area contributed by atoms with Crippen LogP contribution in [0.2, 0.25) is 0 Å². The first-order valence-corrected chi connectivity index (χ1v) is 17.2. The molecular weight excluding hydrogens is 564 g/mol. The van der Waals surface area contributed by atoms with Crippen molar-refractivity contribution in [3.05, 3.63) is 131 Å². The standard InChI is InChI=1S/C33H31F4NOP2/c34-26-15-18-32(29(36)20-26)41(39,33-19-16-27(35)21-30(33)37)38(28-12-7-13-28)40-22-25(23-8-3-1-4-9-23)14-17-31(40)24-10-5-2-6-11-24/h1-6,8-11,15-16,18-21,25,28,31H,7,12-14,17,22H2. The van der Waals surface area contributed by atoms with Gasteiger partial charge in [0.2, 0.25) is 7.29 Å². The molecule has 2 aliphatic rings. The van der Waals surface area contributed by atoms with Gasteiger partial charge in [0.15, 0.2) is 0 Å². The van der Waals surface area contributed by atoms with Crippen LogP contribution in [-0.4, -0.2) is 16.6 Å². The highest BCUT2D eigenvalue weighted by Gasteiger charge is 2.51. The van der Waals surface area contributed by atoms with Crippen molar-refractivity contribution in [3.8, 4) is 0 Å². The van der Waals surface area contributed by atoms with Crippen LogP contribution in [0.5, 0.6) is 0 Å². The van der Waals surface area contributed by atoms with Gasteiger partial charge in [-0.25, -0.2) is 22.0 Å². The summed E-state index contributed by atoms with van der Waals surface area (Å²) in [6, 6.07) is 26.0. The highest BCUT2D eigenvalue weighted by molar-refractivity contribution is 7.83. The molecule has 1 heterocycles. The summed E-state index contributed by atoms with van der Waals surface area (Å²) in [6.45, 7) is 0. The zero-order chi connectivity index (χ0) is 28.6. The maximum absolute atomic E-state index is 15.8. The highest BCUT2D eigenvalue weighted by atomic mass is 31.2. The first kappa shape index (κ1) is 28.3. The fraction of sp³-hybridized carbons (Fsp3) is 0.273. The Morgan fingerprint density at radius 2 is 1.20 bits per heavy atom. The minimum atomic E-state index is -4.24. The third-order valence-electron chi connectivity index (χ3n) is 8.44. The fourth-order valence-electron chi connectivity index (χ4n) is 6.21. The molecule has 0 N–H and O–H groups in total. The first-order chi connectivity index (χ1) is 19.9. The predicted octanol–water partition coefficient (Wildman–Crippen LogP) is 9.04. The van der Waals surface area contributed by atoms with Gasteiger partial charge in [-0.3, -0.25) is 4.57 Å². The lowest BCUT2D eigenvalue weighted by molar-refractivity contribution is 0.301. The third-order valence-corrected chi connectivity index (χ3v) is 15.8. The maximum atomic E-state index is 15.8. The van der Waals surface area contributed by atoms with Crippen molar-refractivity contribution in [2.45, 2.75) is 49.7 Å². The molecule has 2 fully saturated rings. The smallest absolute Gasteiger partial charge is 0.216 e. The lowest BCUT2D eigenvalue weighted by Gasteiger charge is -2.51. The van der Waals surface area contributed by atoms with Gasteiger partial charge in [0.1, 0.15) is 23.3 Å². The second kappa shape index (κ2) is 11.8. The molecule has 6 rings (SSSR count). The molecule has 4 aromatic carbocycles. The molecule has 8 heteroatoms. The van der Waals surface area contributed by atoms with Gasteiger partial charge in [-0.2, -0.15) is 0 Å². The van der Waals surface area contributed by atoms with Crippen LogP contribution < -0.4 is 10.6 Å². The van der Waals surface area contributed by atoms with Crippen molar-refractivity contribution in [2.75, 3.05) is 6.16 Å². The Balaban J connectivity index is 1.57. The van der Waals surface area contributed by atoms with Crippen molar-refractivity contribution < 1.29 is 22.1 Å². The van der Waals surface area contributed by atoms with E-state index in [-0.39, 0.29) is 28.2 Å². The van der Waals surface area contributed by atoms with E-state index in [1.165, 1.54) is 17.7 Å². The monoisotopic (exact) mass is 595 g/mol. The van der Waals surface area contributed by atoms with E-state index in [2.05, 4.69) is 24.3 Å². The van der Waals surface area contributed by atoms with Crippen molar-refractivity contribution in [1.29, 1.82) is 0 Å². The Morgan fingerprint density at radius 3 is 1.68 bits per heavy atom. The van der Waals surface area contributed by atoms with Crippen LogP contribution >= 0.6 is 15.4 Å². The van der Waals surface area contributed by atoms with Crippen molar-refractivity contribution in [3.63, 3.8) is 0 Å². The molecule has 0 radical (unpaired) electrons. The summed E-state index contributed by atoms with van der Waals surface area (Å²) in [6.07, 6.45) is 4.86. The summed E-state index contributed by atoms with van der Waals surface area (Å²) in [5, 5.41) is -0.458. The average molecular weight is 596 g/mol. The van der Waals surface area contributed by atoms with Crippen LogP contribution in [0.3, 0.4) is 0 Å². The van der Waals surface area contributed by atoms with E-state index >= 15 is 13.3 Å². The minimum Gasteiger partial charge on any atom is -0.296 e. The van der Waals surface area contributed by atoms with E-state index in [9.17, 15) is 8.78 Å². The molecular formula is C33H31F4NOP2. The molecule has 0 spiro atoms. The molecule has 212 valence electrons. The average Bonchev–Trinajstić information content (AvgIpc) is 2.95. The summed E-state index contributed by atoms with van der Waals surface area (Å²) >= 11 is 0. The van der Waals surface area contributed by atoms with Gasteiger partial charge in [-0.05, 0) is 81.2 Å². The van der Waals surface area contributed by atoms with E-state index in [1.807, 2.05) is 40.8 Å². The topological polar surface area (TPSA) is 20.3 Å². The van der Waals surface area contributed by atoms with Gasteiger partial charge in [-0.15, -0.1) is 0 Å². The summed E-state index contributed by atoms with van der Waals surface area (Å²) in [7, 11) is -5.49. The number of benzene rings is 4. The lowest BCUT2D eigenvalue weighted by Crippen LogP contribution is -2.43. The van der Waals surface area contributed by atoms with Gasteiger partial charge in [0.25, 0.3) is 0 Å². The minimum absolute atomic E-state index is 0.0205. The summed E-state index contributed by atoms with van der Waals surface area (Å²) in [5.74, 6) is -3.38. The van der Waals surface area contributed by atoms with Gasteiger partial charge >= 0.3 is 0 Å². The first-order valence-electron chi connectivity index (χ1n) is 14.0. The van der Waals surface area contributed by atoms with E-state index in [0.717, 1.165) is 49.8 Å². The van der Waals surface area contributed by atoms with Crippen LogP contribution in [0.15, 0.2) is 97.1 Å². The number of hydrogen-bond donors (Lipinski definition) is 0. The third kappa shape index (κ3) is 5.43. The largest absolute Gasteiger partial charge is 0.296 e. The summed E-state index contributed by atoms with van der Waals surface area (Å²) in [5.41, 5.74) is 2.32. The van der Waals surface area contributed by atoms with Crippen LogP contribution in [0.25, 0.3) is 0 Å². The SMILES string of the molecule is O=P(c1ccc(F)cc1F)(c1ccc(F)cc1F)N(C1CCC1)P1CC(c2ccccc2)CCC1c1ccccc1. The number of hydrogen-bond acceptors (Lipinski definition) is 1. The quantitative estimate of drug-likeness (QED) is 0.157. The molecule has 1 aliphatic heterocycles. The van der Waals surface area contributed by atoms with Gasteiger partial charge in [0.05, 0.1) is 10.6 Å². The molecule has 3 unspecified atom stereocenters. The molecule has 1 saturated heterocycles. The summed E-state index contributed by atoms with van der Waals surface area (Å²) < 4.78 is 77.3. The number of nitrogens with zero attached hydrogens (tertiary/aromatic N) is 1. The van der Waals surface area contributed by atoms with Crippen LogP contribution in [0, 0.1) is 23.3 Å². The maximum Gasteiger partial charge on any atom is 0.216 e. The second-order valence-corrected chi connectivity index (χ2v) is 16.1. The van der Waals surface area contributed by atoms with Crippen molar-refractivity contribution in [2.24, 2.45) is 0 Å². The molecule has 0 bridgehead atoms. The molecule has 1 aliphatic carbocycles. The van der Waals surface area contributed by atoms with Crippen LogP contribution in [-0.2, 0) is 4.57 Å². The Bertz CT molecular complexity index is 1510. The molecule has 0 amide bonds. The Hall–Kier alpha value is -2.78. The zero-order valence-corrected chi connectivity index (χ0v) is 24.3. The molecule has 2 nitrogen and oxygen atoms in total. The van der Waals surface area contributed by atoms with Crippen LogP contribution in [0.4, 0.5) is 17.6 Å². The van der Waals surface area contributed by atoms with Crippen molar-refractivity contribution in [1.82, 2.24) is 4.44 Å². The van der Waals surface area contributed by atoms with Gasteiger partial charge < -0.3 is 0 Å². The van der Waals surface area contributed by atoms with E-state index in [1.54, 1.807) is 0 Å². The Kier molecular flexibility index (Phi) is 8.19. The molecule has 41 heavy (non-hydrogen) atoms. The number of halogens is 4. The Labute approximate surface area is 239 Å². The lowest BCUT2D eigenvalue weighted by atomic mass is 9.93. The van der Waals surface area contributed by atoms with E-state index in [0.29, 0.717) is 18.3 Å². The van der Waals surface area contributed by atoms with E-state index in [4.69, 9.17) is 0 Å². The highest BCUT2D eigenvalue weighted by Crippen LogP contribution is 2.73. The van der Waals surface area contributed by atoms with Crippen LogP contribution in [0.1, 0.15) is 54.8 Å². The molecule has 1 saturated carbocycles. The molecule has 0 aromatic heterocycles. The Morgan fingerprint density at radius 1 is 0.659 bits per heavy atom. The fourth-order valence-corrected chi connectivity index (χ4v) is 14.5. The van der Waals surface area contributed by atoms with Crippen molar-refractivity contribution >= 4 is 26.0 Å². The molecule has 4 aromatic rings. The van der Waals surface area contributed by atoms with Gasteiger partial charge in [-0.1, -0.05) is 67.1 Å². The second-order valence-electron chi connectivity index (χ2n) is 10.9. The number of rotatable bonds is 7. The predicted molar refractivity (Wildman–Crippen MR) is 158 cm³/mol. The van der Waals surface area contributed by atoms with Gasteiger partial charge in [0, 0.05) is 23.8 Å². The molecule has 3 atom stereocenters. The zero-order valence-electron chi connectivity index (χ0n) is 22.5.